The number of likely N-dealkylation sites (N-methyl/N-ethyl adjacent to an activating group) is 1. The molecule has 0 aromatic heterocycles. The lowest BCUT2D eigenvalue weighted by atomic mass is 9.89. The highest BCUT2D eigenvalue weighted by Crippen LogP contribution is 2.24. The fraction of sp³-hybridized carbons (Fsp3) is 0.789. The van der Waals surface area contributed by atoms with Gasteiger partial charge in [-0.2, -0.15) is 0 Å². The summed E-state index contributed by atoms with van der Waals surface area (Å²) in [5.74, 6) is 0.0379. The molecule has 0 spiro atoms. The van der Waals surface area contributed by atoms with E-state index in [1.807, 2.05) is 40.7 Å². The molecule has 1 heterocycles. The summed E-state index contributed by atoms with van der Waals surface area (Å²) >= 11 is 0. The Bertz CT molecular complexity index is 365. The Hall–Kier alpha value is -1.40. The van der Waals surface area contributed by atoms with E-state index in [4.69, 9.17) is 9.47 Å². The lowest BCUT2D eigenvalue weighted by molar-refractivity contribution is -0.162. The molecule has 6 nitrogen and oxygen atoms in total. The first-order chi connectivity index (χ1) is 11.8. The van der Waals surface area contributed by atoms with Crippen LogP contribution < -0.4 is 5.32 Å². The second-order valence-electron chi connectivity index (χ2n) is 6.47. The summed E-state index contributed by atoms with van der Waals surface area (Å²) in [6.45, 7) is 14.2. The first-order valence-electron chi connectivity index (χ1n) is 8.88. The first-order valence-corrected chi connectivity index (χ1v) is 8.88. The molecular formula is C19H37NO5. The summed E-state index contributed by atoms with van der Waals surface area (Å²) in [5.41, 5.74) is -0.318. The number of carbonyl (C=O) groups is 2. The SMILES string of the molecule is C=CCCC1CC(COC)C(NC)C(=O)O1.CC.CC(C)(C)OC=O. The molecule has 1 rings (SSSR count). The Morgan fingerprint density at radius 2 is 1.96 bits per heavy atom. The van der Waals surface area contributed by atoms with Gasteiger partial charge in [-0.15, -0.1) is 6.58 Å². The molecule has 148 valence electrons. The Labute approximate surface area is 153 Å². The van der Waals surface area contributed by atoms with Gasteiger partial charge in [0.1, 0.15) is 17.7 Å². The van der Waals surface area contributed by atoms with Gasteiger partial charge in [0.15, 0.2) is 0 Å². The second kappa shape index (κ2) is 14.9. The van der Waals surface area contributed by atoms with Crippen molar-refractivity contribution in [3.8, 4) is 0 Å². The van der Waals surface area contributed by atoms with Crippen LogP contribution in [-0.4, -0.2) is 51.0 Å². The van der Waals surface area contributed by atoms with Gasteiger partial charge in [0, 0.05) is 13.0 Å². The molecule has 0 aromatic carbocycles. The van der Waals surface area contributed by atoms with Crippen LogP contribution in [0.1, 0.15) is 53.9 Å². The van der Waals surface area contributed by atoms with Gasteiger partial charge in [-0.05, 0) is 47.1 Å². The molecule has 1 N–H and O–H groups in total. The van der Waals surface area contributed by atoms with Crippen LogP contribution in [0.25, 0.3) is 0 Å². The maximum atomic E-state index is 11.7. The molecule has 3 atom stereocenters. The van der Waals surface area contributed by atoms with Crippen molar-refractivity contribution in [2.24, 2.45) is 5.92 Å². The van der Waals surface area contributed by atoms with E-state index >= 15 is 0 Å². The molecule has 0 radical (unpaired) electrons. The summed E-state index contributed by atoms with van der Waals surface area (Å²) < 4.78 is 15.1. The molecule has 1 fully saturated rings. The normalized spacial score (nSPS) is 22.4. The number of hydrogen-bond donors (Lipinski definition) is 1. The smallest absolute Gasteiger partial charge is 0.323 e. The van der Waals surface area contributed by atoms with Crippen molar-refractivity contribution >= 4 is 12.4 Å². The maximum absolute atomic E-state index is 11.7. The minimum Gasteiger partial charge on any atom is -0.462 e. The van der Waals surface area contributed by atoms with Gasteiger partial charge >= 0.3 is 5.97 Å². The topological polar surface area (TPSA) is 73.9 Å². The van der Waals surface area contributed by atoms with Crippen molar-refractivity contribution in [3.63, 3.8) is 0 Å². The van der Waals surface area contributed by atoms with Crippen molar-refractivity contribution < 1.29 is 23.8 Å². The highest BCUT2D eigenvalue weighted by Gasteiger charge is 2.36. The standard InChI is InChI=1S/C12H21NO3.C5H10O2.C2H6/c1-4-5-6-10-7-9(8-15-3)11(13-2)12(14)16-10;1-5(2,3)7-4-6;1-2/h4,9-11,13H,1,5-8H2,2-3H3;4H,1-3H3;1-2H3. The van der Waals surface area contributed by atoms with E-state index in [-0.39, 0.29) is 29.6 Å². The minimum atomic E-state index is -0.318. The largest absolute Gasteiger partial charge is 0.462 e. The van der Waals surface area contributed by atoms with Crippen molar-refractivity contribution in [1.29, 1.82) is 0 Å². The number of nitrogens with one attached hydrogen (secondary N) is 1. The number of hydrogen-bond acceptors (Lipinski definition) is 6. The van der Waals surface area contributed by atoms with Gasteiger partial charge in [0.2, 0.25) is 0 Å². The number of allylic oxidation sites excluding steroid dienone is 1. The molecule has 25 heavy (non-hydrogen) atoms. The Balaban J connectivity index is 0. The fourth-order valence-electron chi connectivity index (χ4n) is 2.31. The van der Waals surface area contributed by atoms with E-state index in [0.29, 0.717) is 13.1 Å². The second-order valence-corrected chi connectivity index (χ2v) is 6.47. The quantitative estimate of drug-likeness (QED) is 0.428. The minimum absolute atomic E-state index is 0.00949. The fourth-order valence-corrected chi connectivity index (χ4v) is 2.31. The van der Waals surface area contributed by atoms with E-state index in [2.05, 4.69) is 16.6 Å². The van der Waals surface area contributed by atoms with Crippen LogP contribution in [0, 0.1) is 5.92 Å². The Morgan fingerprint density at radius 3 is 2.32 bits per heavy atom. The van der Waals surface area contributed by atoms with E-state index in [9.17, 15) is 9.59 Å². The van der Waals surface area contributed by atoms with E-state index in [1.54, 1.807) is 14.2 Å². The van der Waals surface area contributed by atoms with Gasteiger partial charge in [0.25, 0.3) is 6.47 Å². The molecule has 0 saturated carbocycles. The first kappa shape index (κ1) is 25.8. The van der Waals surface area contributed by atoms with Crippen LogP contribution in [0.3, 0.4) is 0 Å². The van der Waals surface area contributed by atoms with Gasteiger partial charge in [-0.1, -0.05) is 19.9 Å². The Kier molecular flexibility index (Phi) is 15.4. The number of carbonyl (C=O) groups excluding carboxylic acids is 2. The number of cyclic esters (lactones) is 1. The van der Waals surface area contributed by atoms with Crippen LogP contribution in [0.15, 0.2) is 12.7 Å². The predicted octanol–water partition coefficient (Wildman–Crippen LogP) is 3.10. The van der Waals surface area contributed by atoms with Gasteiger partial charge in [-0.25, -0.2) is 0 Å². The predicted molar refractivity (Wildman–Crippen MR) is 100 cm³/mol. The van der Waals surface area contributed by atoms with Crippen molar-refractivity contribution in [2.75, 3.05) is 20.8 Å². The Morgan fingerprint density at radius 1 is 1.36 bits per heavy atom. The molecule has 1 saturated heterocycles. The summed E-state index contributed by atoms with van der Waals surface area (Å²) in [7, 11) is 3.43. The average Bonchev–Trinajstić information content (AvgIpc) is 2.54. The lowest BCUT2D eigenvalue weighted by Crippen LogP contribution is -2.50. The number of esters is 1. The summed E-state index contributed by atoms with van der Waals surface area (Å²) in [6, 6.07) is -0.236. The van der Waals surface area contributed by atoms with Crippen molar-refractivity contribution in [2.45, 2.75) is 71.6 Å². The highest BCUT2D eigenvalue weighted by atomic mass is 16.5. The monoisotopic (exact) mass is 359 g/mol. The van der Waals surface area contributed by atoms with E-state index in [1.165, 1.54) is 0 Å². The zero-order valence-electron chi connectivity index (χ0n) is 17.0. The van der Waals surface area contributed by atoms with Crippen LogP contribution >= 0.6 is 0 Å². The van der Waals surface area contributed by atoms with Gasteiger partial charge in [0.05, 0.1) is 6.61 Å². The molecule has 6 heteroatoms. The van der Waals surface area contributed by atoms with Crippen LogP contribution in [0.5, 0.6) is 0 Å². The maximum Gasteiger partial charge on any atom is 0.323 e. The molecule has 0 bridgehead atoms. The van der Waals surface area contributed by atoms with Gasteiger partial charge in [-0.3, -0.25) is 9.59 Å². The zero-order chi connectivity index (χ0) is 19.9. The summed E-state index contributed by atoms with van der Waals surface area (Å²) in [5, 5.41) is 2.99. The van der Waals surface area contributed by atoms with E-state index in [0.717, 1.165) is 19.3 Å². The van der Waals surface area contributed by atoms with Crippen LogP contribution in [0.4, 0.5) is 0 Å². The van der Waals surface area contributed by atoms with Crippen LogP contribution in [-0.2, 0) is 23.8 Å². The molecule has 3 unspecified atom stereocenters. The summed E-state index contributed by atoms with van der Waals surface area (Å²) in [6.07, 6.45) is 4.45. The average molecular weight is 360 g/mol. The van der Waals surface area contributed by atoms with Crippen molar-refractivity contribution in [1.82, 2.24) is 5.32 Å². The van der Waals surface area contributed by atoms with Crippen LogP contribution in [0.2, 0.25) is 0 Å². The third-order valence-electron chi connectivity index (χ3n) is 3.36. The number of rotatable bonds is 7. The molecule has 0 amide bonds. The third-order valence-corrected chi connectivity index (χ3v) is 3.36. The summed E-state index contributed by atoms with van der Waals surface area (Å²) in [4.78, 5) is 21.3. The van der Waals surface area contributed by atoms with E-state index < -0.39 is 0 Å². The van der Waals surface area contributed by atoms with Gasteiger partial charge < -0.3 is 19.5 Å². The molecule has 1 aliphatic heterocycles. The third kappa shape index (κ3) is 12.6. The highest BCUT2D eigenvalue weighted by molar-refractivity contribution is 5.77. The molecular weight excluding hydrogens is 322 g/mol. The zero-order valence-corrected chi connectivity index (χ0v) is 17.0. The lowest BCUT2D eigenvalue weighted by Gasteiger charge is -2.34. The van der Waals surface area contributed by atoms with Crippen molar-refractivity contribution in [3.05, 3.63) is 12.7 Å². The number of ether oxygens (including phenoxy) is 3. The molecule has 0 aromatic rings. The number of methoxy groups -OCH3 is 1. The molecule has 1 aliphatic rings. The molecule has 0 aliphatic carbocycles.